The topological polar surface area (TPSA) is 100 Å². The van der Waals surface area contributed by atoms with E-state index in [1.807, 2.05) is 25.1 Å². The molecule has 4 rings (SSSR count). The molecule has 178 valence electrons. The fourth-order valence-corrected chi connectivity index (χ4v) is 3.63. The van der Waals surface area contributed by atoms with Crippen molar-refractivity contribution in [3.05, 3.63) is 103 Å². The van der Waals surface area contributed by atoms with Gasteiger partial charge in [-0.05, 0) is 48.9 Å². The molecule has 0 amide bonds. The van der Waals surface area contributed by atoms with Gasteiger partial charge in [0.15, 0.2) is 17.2 Å². The Morgan fingerprint density at radius 1 is 1.03 bits per heavy atom. The summed E-state index contributed by atoms with van der Waals surface area (Å²) in [6, 6.07) is 16.6. The maximum Gasteiger partial charge on any atom is 0.363 e. The molecule has 1 aliphatic heterocycles. The second-order valence-electron chi connectivity index (χ2n) is 7.28. The lowest BCUT2D eigenvalue weighted by Gasteiger charge is -2.13. The molecule has 1 aliphatic rings. The van der Waals surface area contributed by atoms with E-state index in [0.29, 0.717) is 28.7 Å². The average molecular weight is 513 g/mol. The maximum atomic E-state index is 12.4. The van der Waals surface area contributed by atoms with Gasteiger partial charge in [0.2, 0.25) is 5.90 Å². The van der Waals surface area contributed by atoms with Gasteiger partial charge in [0.05, 0.1) is 11.5 Å². The Morgan fingerprint density at radius 2 is 1.83 bits per heavy atom. The molecule has 0 saturated heterocycles. The number of benzene rings is 3. The van der Waals surface area contributed by atoms with Crippen molar-refractivity contribution in [1.29, 1.82) is 0 Å². The predicted molar refractivity (Wildman–Crippen MR) is 132 cm³/mol. The molecular weight excluding hydrogens is 495 g/mol. The van der Waals surface area contributed by atoms with Gasteiger partial charge in [0.25, 0.3) is 5.69 Å². The number of hydrogen-bond donors (Lipinski definition) is 0. The fourth-order valence-electron chi connectivity index (χ4n) is 3.25. The van der Waals surface area contributed by atoms with E-state index in [1.54, 1.807) is 24.3 Å². The van der Waals surface area contributed by atoms with Gasteiger partial charge in [-0.15, -0.1) is 0 Å². The molecule has 0 saturated carbocycles. The number of nitro benzene ring substituents is 1. The highest BCUT2D eigenvalue weighted by Gasteiger charge is 2.26. The summed E-state index contributed by atoms with van der Waals surface area (Å²) < 4.78 is 16.8. The first kappa shape index (κ1) is 24.3. The van der Waals surface area contributed by atoms with Crippen LogP contribution in [-0.4, -0.2) is 23.4 Å². The van der Waals surface area contributed by atoms with E-state index in [9.17, 15) is 14.9 Å². The zero-order valence-electron chi connectivity index (χ0n) is 18.4. The van der Waals surface area contributed by atoms with Crippen LogP contribution in [0.3, 0.4) is 0 Å². The summed E-state index contributed by atoms with van der Waals surface area (Å²) in [5, 5.41) is 11.7. The highest BCUT2D eigenvalue weighted by molar-refractivity contribution is 6.33. The number of esters is 1. The molecule has 0 unspecified atom stereocenters. The van der Waals surface area contributed by atoms with E-state index >= 15 is 0 Å². The summed E-state index contributed by atoms with van der Waals surface area (Å²) in [5.74, 6) is 0.263. The molecule has 0 radical (unpaired) electrons. The monoisotopic (exact) mass is 512 g/mol. The Bertz CT molecular complexity index is 1370. The fraction of sp³-hybridized carbons (Fsp3) is 0.120. The van der Waals surface area contributed by atoms with Crippen LogP contribution in [0, 0.1) is 10.1 Å². The average Bonchev–Trinajstić information content (AvgIpc) is 3.20. The molecule has 0 fully saturated rings. The highest BCUT2D eigenvalue weighted by atomic mass is 35.5. The van der Waals surface area contributed by atoms with Crippen molar-refractivity contribution in [3.8, 4) is 11.5 Å². The van der Waals surface area contributed by atoms with Crippen molar-refractivity contribution in [2.24, 2.45) is 4.99 Å². The summed E-state index contributed by atoms with van der Waals surface area (Å²) in [6.45, 7) is 2.51. The lowest BCUT2D eigenvalue weighted by Crippen LogP contribution is -2.06. The molecule has 1 heterocycles. The number of rotatable bonds is 8. The van der Waals surface area contributed by atoms with Crippen LogP contribution in [-0.2, 0) is 16.1 Å². The number of hydrogen-bond acceptors (Lipinski definition) is 7. The molecule has 3 aromatic carbocycles. The van der Waals surface area contributed by atoms with E-state index in [1.165, 1.54) is 24.3 Å². The van der Waals surface area contributed by atoms with Crippen molar-refractivity contribution >= 4 is 46.8 Å². The van der Waals surface area contributed by atoms with Crippen molar-refractivity contribution < 1.29 is 23.9 Å². The van der Waals surface area contributed by atoms with Crippen LogP contribution in [0.5, 0.6) is 11.5 Å². The number of halogens is 2. The van der Waals surface area contributed by atoms with Crippen LogP contribution in [0.1, 0.15) is 23.6 Å². The first-order valence-electron chi connectivity index (χ1n) is 10.5. The predicted octanol–water partition coefficient (Wildman–Crippen LogP) is 6.22. The molecule has 0 aromatic heterocycles. The first-order valence-corrected chi connectivity index (χ1v) is 11.2. The van der Waals surface area contributed by atoms with Crippen molar-refractivity contribution in [2.75, 3.05) is 6.61 Å². The van der Waals surface area contributed by atoms with Crippen molar-refractivity contribution in [3.63, 3.8) is 0 Å². The normalized spacial score (nSPS) is 14.0. The van der Waals surface area contributed by atoms with Gasteiger partial charge in [-0.25, -0.2) is 9.79 Å². The van der Waals surface area contributed by atoms with Crippen LogP contribution < -0.4 is 9.47 Å². The molecule has 35 heavy (non-hydrogen) atoms. The Balaban J connectivity index is 1.59. The van der Waals surface area contributed by atoms with Crippen LogP contribution in [0.15, 0.2) is 71.4 Å². The lowest BCUT2D eigenvalue weighted by molar-refractivity contribution is -0.384. The number of carbonyl (C=O) groups is 1. The zero-order chi connectivity index (χ0) is 24.9. The number of nitro groups is 1. The van der Waals surface area contributed by atoms with E-state index in [-0.39, 0.29) is 34.5 Å². The van der Waals surface area contributed by atoms with E-state index in [4.69, 9.17) is 37.4 Å². The quantitative estimate of drug-likeness (QED) is 0.153. The van der Waals surface area contributed by atoms with Crippen LogP contribution in [0.2, 0.25) is 10.0 Å². The summed E-state index contributed by atoms with van der Waals surface area (Å²) in [6.07, 6.45) is 1.53. The molecule has 0 bridgehead atoms. The molecule has 3 aromatic rings. The second kappa shape index (κ2) is 10.6. The molecule has 10 heteroatoms. The van der Waals surface area contributed by atoms with Gasteiger partial charge in [0.1, 0.15) is 11.6 Å². The SMILES string of the molecule is CCOc1cc(/C=C2\N=C(c3ccc(Cl)c([N+](=O)[O-])c3)OC2=O)ccc1OCc1ccccc1Cl. The van der Waals surface area contributed by atoms with Crippen LogP contribution in [0.25, 0.3) is 6.08 Å². The van der Waals surface area contributed by atoms with E-state index in [0.717, 1.165) is 5.56 Å². The Morgan fingerprint density at radius 3 is 2.57 bits per heavy atom. The van der Waals surface area contributed by atoms with Gasteiger partial charge >= 0.3 is 5.97 Å². The van der Waals surface area contributed by atoms with Gasteiger partial charge in [-0.3, -0.25) is 10.1 Å². The number of nitrogens with zero attached hydrogens (tertiary/aromatic N) is 2. The maximum absolute atomic E-state index is 12.4. The molecular formula is C25H18Cl2N2O6. The summed E-state index contributed by atoms with van der Waals surface area (Å²) in [7, 11) is 0. The first-order chi connectivity index (χ1) is 16.9. The van der Waals surface area contributed by atoms with Crippen molar-refractivity contribution in [2.45, 2.75) is 13.5 Å². The third-order valence-corrected chi connectivity index (χ3v) is 5.61. The summed E-state index contributed by atoms with van der Waals surface area (Å²) in [4.78, 5) is 27.1. The molecule has 0 aliphatic carbocycles. The smallest absolute Gasteiger partial charge is 0.363 e. The highest BCUT2D eigenvalue weighted by Crippen LogP contribution is 2.32. The number of aliphatic imine (C=N–C) groups is 1. The van der Waals surface area contributed by atoms with Gasteiger partial charge < -0.3 is 14.2 Å². The number of carbonyl (C=O) groups excluding carboxylic acids is 1. The number of ether oxygens (including phenoxy) is 3. The number of cyclic esters (lactones) is 1. The van der Waals surface area contributed by atoms with Crippen LogP contribution >= 0.6 is 23.2 Å². The molecule has 0 atom stereocenters. The minimum absolute atomic E-state index is 0.0280. The minimum Gasteiger partial charge on any atom is -0.490 e. The molecule has 0 N–H and O–H groups in total. The second-order valence-corrected chi connectivity index (χ2v) is 8.09. The third kappa shape index (κ3) is 5.62. The Hall–Kier alpha value is -3.88. The summed E-state index contributed by atoms with van der Waals surface area (Å²) >= 11 is 12.0. The summed E-state index contributed by atoms with van der Waals surface area (Å²) in [5.41, 5.74) is 1.44. The molecule has 8 nitrogen and oxygen atoms in total. The third-order valence-electron chi connectivity index (χ3n) is 4.92. The largest absolute Gasteiger partial charge is 0.490 e. The van der Waals surface area contributed by atoms with Gasteiger partial charge in [-0.1, -0.05) is 47.5 Å². The standard InChI is InChI=1S/C25H18Cl2N2O6/c1-2-33-23-12-15(7-10-22(23)34-14-17-5-3-4-6-18(17)26)11-20-25(30)35-24(28-20)16-8-9-19(27)21(13-16)29(31)32/h3-13H,2,14H2,1H3/b20-11-. The van der Waals surface area contributed by atoms with Crippen LogP contribution in [0.4, 0.5) is 5.69 Å². The van der Waals surface area contributed by atoms with Gasteiger partial charge in [0, 0.05) is 22.2 Å². The Kier molecular flexibility index (Phi) is 7.33. The van der Waals surface area contributed by atoms with Gasteiger partial charge in [-0.2, -0.15) is 0 Å². The van der Waals surface area contributed by atoms with E-state index in [2.05, 4.69) is 4.99 Å². The van der Waals surface area contributed by atoms with E-state index < -0.39 is 10.9 Å². The van der Waals surface area contributed by atoms with Crippen molar-refractivity contribution in [1.82, 2.24) is 0 Å². The Labute approximate surface area is 210 Å². The zero-order valence-corrected chi connectivity index (χ0v) is 19.9. The minimum atomic E-state index is -0.686. The lowest BCUT2D eigenvalue weighted by atomic mass is 10.1. The molecule has 0 spiro atoms.